The molecule has 1 aliphatic heterocycles. The van der Waals surface area contributed by atoms with Gasteiger partial charge in [0.05, 0.1) is 6.10 Å². The predicted molar refractivity (Wildman–Crippen MR) is 84.1 cm³/mol. The van der Waals surface area contributed by atoms with Crippen LogP contribution in [0.5, 0.6) is 0 Å². The van der Waals surface area contributed by atoms with Gasteiger partial charge in [0.2, 0.25) is 5.91 Å². The minimum absolute atomic E-state index is 0.252. The normalized spacial score (nSPS) is 34.5. The molecule has 0 bridgehead atoms. The van der Waals surface area contributed by atoms with Crippen molar-refractivity contribution in [2.45, 2.75) is 83.3 Å². The Morgan fingerprint density at radius 1 is 1.05 bits per heavy atom. The fraction of sp³-hybridized carbons (Fsp3) is 0.944. The molecule has 3 fully saturated rings. The van der Waals surface area contributed by atoms with E-state index in [1.54, 1.807) is 0 Å². The van der Waals surface area contributed by atoms with Crippen LogP contribution in [0.25, 0.3) is 0 Å². The molecule has 0 aromatic rings. The molecule has 0 radical (unpaired) electrons. The van der Waals surface area contributed by atoms with Crippen molar-refractivity contribution in [3.8, 4) is 0 Å². The minimum atomic E-state index is 0.252. The molecule has 21 heavy (non-hydrogen) atoms. The second kappa shape index (κ2) is 7.13. The summed E-state index contributed by atoms with van der Waals surface area (Å²) in [6, 6.07) is 0.522. The molecular formula is C18H31NO2. The summed E-state index contributed by atoms with van der Waals surface area (Å²) in [7, 11) is 0. The van der Waals surface area contributed by atoms with Crippen LogP contribution in [0.3, 0.4) is 0 Å². The van der Waals surface area contributed by atoms with Crippen LogP contribution in [-0.2, 0) is 9.53 Å². The molecule has 0 unspecified atom stereocenters. The number of nitrogens with zero attached hydrogens (tertiary/aromatic N) is 1. The van der Waals surface area contributed by atoms with Crippen molar-refractivity contribution in [2.75, 3.05) is 13.2 Å². The smallest absolute Gasteiger partial charge is 0.248 e. The molecule has 0 aromatic heterocycles. The Morgan fingerprint density at radius 2 is 1.86 bits per heavy atom. The second-order valence-electron chi connectivity index (χ2n) is 7.55. The first kappa shape index (κ1) is 15.3. The van der Waals surface area contributed by atoms with Gasteiger partial charge in [-0.2, -0.15) is 0 Å². The van der Waals surface area contributed by atoms with Gasteiger partial charge in [-0.1, -0.05) is 32.6 Å². The number of amides is 1. The van der Waals surface area contributed by atoms with E-state index < -0.39 is 0 Å². The van der Waals surface area contributed by atoms with Gasteiger partial charge in [0.25, 0.3) is 0 Å². The number of likely N-dealkylation sites (tertiary alicyclic amines) is 1. The van der Waals surface area contributed by atoms with Gasteiger partial charge in [0.1, 0.15) is 6.61 Å². The predicted octanol–water partition coefficient (Wildman–Crippen LogP) is 3.76. The van der Waals surface area contributed by atoms with E-state index in [1.807, 2.05) is 0 Å². The molecule has 3 heteroatoms. The first-order chi connectivity index (χ1) is 10.2. The highest BCUT2D eigenvalue weighted by molar-refractivity contribution is 5.78. The van der Waals surface area contributed by atoms with Crippen LogP contribution in [0.2, 0.25) is 0 Å². The number of carbonyl (C=O) groups is 1. The quantitative estimate of drug-likeness (QED) is 0.790. The SMILES string of the molecule is C[C@@H]1CCC[C@@H](OCC(=O)N2CCC[C@@H]2C2CCCC2)C1. The van der Waals surface area contributed by atoms with Crippen LogP contribution < -0.4 is 0 Å². The molecule has 2 aliphatic carbocycles. The van der Waals surface area contributed by atoms with Crippen LogP contribution in [0.15, 0.2) is 0 Å². The molecule has 0 N–H and O–H groups in total. The molecular weight excluding hydrogens is 262 g/mol. The van der Waals surface area contributed by atoms with E-state index in [0.29, 0.717) is 18.8 Å². The number of hydrogen-bond donors (Lipinski definition) is 0. The highest BCUT2D eigenvalue weighted by atomic mass is 16.5. The summed E-state index contributed by atoms with van der Waals surface area (Å²) in [5.74, 6) is 1.78. The van der Waals surface area contributed by atoms with E-state index in [9.17, 15) is 4.79 Å². The van der Waals surface area contributed by atoms with E-state index in [2.05, 4.69) is 11.8 Å². The molecule has 3 atom stereocenters. The molecule has 3 aliphatic rings. The van der Waals surface area contributed by atoms with Gasteiger partial charge in [-0.25, -0.2) is 0 Å². The first-order valence-electron chi connectivity index (χ1n) is 9.15. The van der Waals surface area contributed by atoms with Crippen LogP contribution in [0, 0.1) is 11.8 Å². The Hall–Kier alpha value is -0.570. The molecule has 0 aromatic carbocycles. The molecule has 1 heterocycles. The maximum Gasteiger partial charge on any atom is 0.248 e. The van der Waals surface area contributed by atoms with Crippen LogP contribution in [0.4, 0.5) is 0 Å². The standard InChI is InChI=1S/C18H31NO2/c1-14-6-4-9-16(12-14)21-13-18(20)19-11-5-10-17(19)15-7-2-3-8-15/h14-17H,2-13H2,1H3/t14-,16-,17-/m1/s1. The molecule has 0 spiro atoms. The fourth-order valence-electron chi connectivity index (χ4n) is 4.74. The lowest BCUT2D eigenvalue weighted by Gasteiger charge is -2.31. The highest BCUT2D eigenvalue weighted by Gasteiger charge is 2.36. The number of carbonyl (C=O) groups excluding carboxylic acids is 1. The van der Waals surface area contributed by atoms with Gasteiger partial charge in [-0.05, 0) is 50.4 Å². The summed E-state index contributed by atoms with van der Waals surface area (Å²) in [5.41, 5.74) is 0. The van der Waals surface area contributed by atoms with E-state index in [0.717, 1.165) is 31.2 Å². The van der Waals surface area contributed by atoms with Gasteiger partial charge in [0.15, 0.2) is 0 Å². The molecule has 3 rings (SSSR count). The number of ether oxygens (including phenoxy) is 1. The number of hydrogen-bond acceptors (Lipinski definition) is 2. The molecule has 1 saturated heterocycles. The number of rotatable bonds is 4. The zero-order chi connectivity index (χ0) is 14.7. The largest absolute Gasteiger partial charge is 0.368 e. The topological polar surface area (TPSA) is 29.5 Å². The van der Waals surface area contributed by atoms with E-state index in [4.69, 9.17) is 4.74 Å². The first-order valence-corrected chi connectivity index (χ1v) is 9.15. The summed E-state index contributed by atoms with van der Waals surface area (Å²) in [6.07, 6.45) is 13.0. The zero-order valence-electron chi connectivity index (χ0n) is 13.6. The van der Waals surface area contributed by atoms with E-state index in [1.165, 1.54) is 51.4 Å². The lowest BCUT2D eigenvalue weighted by Crippen LogP contribution is -2.42. The Bertz CT molecular complexity index is 351. The third kappa shape index (κ3) is 3.80. The lowest BCUT2D eigenvalue weighted by molar-refractivity contribution is -0.140. The summed E-state index contributed by atoms with van der Waals surface area (Å²) in [4.78, 5) is 14.7. The Labute approximate surface area is 129 Å². The minimum Gasteiger partial charge on any atom is -0.368 e. The van der Waals surface area contributed by atoms with Gasteiger partial charge in [-0.15, -0.1) is 0 Å². The van der Waals surface area contributed by atoms with E-state index >= 15 is 0 Å². The maximum atomic E-state index is 12.5. The van der Waals surface area contributed by atoms with Crippen molar-refractivity contribution in [1.82, 2.24) is 4.90 Å². The summed E-state index contributed by atoms with van der Waals surface area (Å²) < 4.78 is 5.95. The van der Waals surface area contributed by atoms with Crippen molar-refractivity contribution < 1.29 is 9.53 Å². The maximum absolute atomic E-state index is 12.5. The zero-order valence-corrected chi connectivity index (χ0v) is 13.6. The Kier molecular flexibility index (Phi) is 5.20. The molecule has 3 nitrogen and oxygen atoms in total. The van der Waals surface area contributed by atoms with Gasteiger partial charge in [-0.3, -0.25) is 4.79 Å². The van der Waals surface area contributed by atoms with Crippen molar-refractivity contribution in [1.29, 1.82) is 0 Å². The molecule has 1 amide bonds. The van der Waals surface area contributed by atoms with Gasteiger partial charge < -0.3 is 9.64 Å². The van der Waals surface area contributed by atoms with Gasteiger partial charge in [0, 0.05) is 12.6 Å². The monoisotopic (exact) mass is 293 g/mol. The second-order valence-corrected chi connectivity index (χ2v) is 7.55. The summed E-state index contributed by atoms with van der Waals surface area (Å²) >= 11 is 0. The summed E-state index contributed by atoms with van der Waals surface area (Å²) in [5, 5.41) is 0. The lowest BCUT2D eigenvalue weighted by atomic mass is 9.89. The Balaban J connectivity index is 1.47. The fourth-order valence-corrected chi connectivity index (χ4v) is 4.74. The summed E-state index contributed by atoms with van der Waals surface area (Å²) in [6.45, 7) is 3.58. The average Bonchev–Trinajstić information content (AvgIpc) is 3.14. The highest BCUT2D eigenvalue weighted by Crippen LogP contribution is 2.35. The van der Waals surface area contributed by atoms with Crippen LogP contribution in [-0.4, -0.2) is 36.1 Å². The molecule has 120 valence electrons. The third-order valence-electron chi connectivity index (χ3n) is 5.89. The van der Waals surface area contributed by atoms with Gasteiger partial charge >= 0.3 is 0 Å². The van der Waals surface area contributed by atoms with Crippen molar-refractivity contribution in [3.63, 3.8) is 0 Å². The van der Waals surface area contributed by atoms with E-state index in [-0.39, 0.29) is 5.91 Å². The third-order valence-corrected chi connectivity index (χ3v) is 5.89. The van der Waals surface area contributed by atoms with Crippen LogP contribution >= 0.6 is 0 Å². The van der Waals surface area contributed by atoms with Crippen molar-refractivity contribution >= 4 is 5.91 Å². The van der Waals surface area contributed by atoms with Crippen LogP contribution in [0.1, 0.15) is 71.1 Å². The average molecular weight is 293 g/mol. The molecule has 2 saturated carbocycles. The van der Waals surface area contributed by atoms with Crippen molar-refractivity contribution in [3.05, 3.63) is 0 Å². The Morgan fingerprint density at radius 3 is 2.62 bits per heavy atom. The van der Waals surface area contributed by atoms with Crippen molar-refractivity contribution in [2.24, 2.45) is 11.8 Å².